The van der Waals surface area contributed by atoms with Crippen molar-refractivity contribution in [2.45, 2.75) is 6.92 Å². The molecule has 15 heavy (non-hydrogen) atoms. The quantitative estimate of drug-likeness (QED) is 0.545. The van der Waals surface area contributed by atoms with Crippen molar-refractivity contribution in [3.05, 3.63) is 10.6 Å². The molecule has 1 heterocycles. The summed E-state index contributed by atoms with van der Waals surface area (Å²) in [5.74, 6) is 0.287. The first-order valence-corrected chi connectivity index (χ1v) is 5.92. The molecule has 0 aliphatic carbocycles. The summed E-state index contributed by atoms with van der Waals surface area (Å²) in [5.41, 5.74) is 0.548. The summed E-state index contributed by atoms with van der Waals surface area (Å²) in [5, 5.41) is 0. The number of alkyl halides is 1. The predicted octanol–water partition coefficient (Wildman–Crippen LogP) is 1.21. The summed E-state index contributed by atoms with van der Waals surface area (Å²) < 4.78 is 4.64. The topological polar surface area (TPSA) is 46.6 Å². The Hall–Kier alpha value is -0.680. The highest BCUT2D eigenvalue weighted by molar-refractivity contribution is 8.04. The van der Waals surface area contributed by atoms with Gasteiger partial charge in [0.15, 0.2) is 0 Å². The molecule has 1 aliphatic heterocycles. The molecule has 0 unspecified atom stereocenters. The number of halogens is 1. The van der Waals surface area contributed by atoms with Gasteiger partial charge in [-0.15, -0.1) is 23.4 Å². The molecule has 0 aromatic carbocycles. The second-order valence-electron chi connectivity index (χ2n) is 2.92. The van der Waals surface area contributed by atoms with Gasteiger partial charge in [-0.2, -0.15) is 0 Å². The molecule has 0 atom stereocenters. The minimum atomic E-state index is -0.429. The molecular formula is C9H12ClNO3S. The maximum atomic E-state index is 11.4. The van der Waals surface area contributed by atoms with E-state index in [9.17, 15) is 9.59 Å². The number of ether oxygens (including phenoxy) is 1. The molecule has 0 N–H and O–H groups in total. The smallest absolute Gasteiger partial charge is 0.346 e. The van der Waals surface area contributed by atoms with Crippen molar-refractivity contribution in [1.29, 1.82) is 0 Å². The lowest BCUT2D eigenvalue weighted by atomic mass is 10.3. The van der Waals surface area contributed by atoms with E-state index in [4.69, 9.17) is 11.6 Å². The van der Waals surface area contributed by atoms with E-state index in [0.29, 0.717) is 22.9 Å². The number of thioether (sulfide) groups is 1. The summed E-state index contributed by atoms with van der Waals surface area (Å²) in [7, 11) is 1.31. The van der Waals surface area contributed by atoms with Gasteiger partial charge in [-0.3, -0.25) is 4.79 Å². The van der Waals surface area contributed by atoms with Crippen molar-refractivity contribution in [3.63, 3.8) is 0 Å². The number of amides is 1. The van der Waals surface area contributed by atoms with Crippen LogP contribution in [0.1, 0.15) is 6.92 Å². The highest BCUT2D eigenvalue weighted by Gasteiger charge is 2.27. The first-order chi connectivity index (χ1) is 7.11. The maximum Gasteiger partial charge on any atom is 0.346 e. The SMILES string of the molecule is COC(=O)C1=C(CCl)N(C(C)=O)CCS1. The Bertz CT molecular complexity index is 316. The van der Waals surface area contributed by atoms with Crippen LogP contribution in [0.25, 0.3) is 0 Å². The van der Waals surface area contributed by atoms with Crippen LogP contribution in [0.4, 0.5) is 0 Å². The average Bonchev–Trinajstić information content (AvgIpc) is 2.26. The van der Waals surface area contributed by atoms with E-state index in [-0.39, 0.29) is 11.8 Å². The highest BCUT2D eigenvalue weighted by Crippen LogP contribution is 2.29. The molecule has 0 aromatic rings. The summed E-state index contributed by atoms with van der Waals surface area (Å²) in [6.07, 6.45) is 0. The summed E-state index contributed by atoms with van der Waals surface area (Å²) in [4.78, 5) is 24.7. The minimum absolute atomic E-state index is 0.104. The number of methoxy groups -OCH3 is 1. The number of carbonyl (C=O) groups is 2. The fourth-order valence-electron chi connectivity index (χ4n) is 1.33. The second-order valence-corrected chi connectivity index (χ2v) is 4.29. The van der Waals surface area contributed by atoms with Gasteiger partial charge in [-0.1, -0.05) is 0 Å². The number of hydrogen-bond acceptors (Lipinski definition) is 4. The van der Waals surface area contributed by atoms with Crippen LogP contribution in [0.5, 0.6) is 0 Å². The van der Waals surface area contributed by atoms with Gasteiger partial charge in [-0.25, -0.2) is 4.79 Å². The van der Waals surface area contributed by atoms with Gasteiger partial charge in [-0.05, 0) is 0 Å². The fraction of sp³-hybridized carbons (Fsp3) is 0.556. The van der Waals surface area contributed by atoms with Gasteiger partial charge in [0.2, 0.25) is 5.91 Å². The van der Waals surface area contributed by atoms with Gasteiger partial charge in [0.25, 0.3) is 0 Å². The van der Waals surface area contributed by atoms with E-state index in [1.165, 1.54) is 30.7 Å². The van der Waals surface area contributed by atoms with Crippen LogP contribution in [-0.2, 0) is 14.3 Å². The Morgan fingerprint density at radius 3 is 2.73 bits per heavy atom. The Kier molecular flexibility index (Phi) is 4.47. The average molecular weight is 250 g/mol. The molecule has 0 aromatic heterocycles. The summed E-state index contributed by atoms with van der Waals surface area (Å²) >= 11 is 7.12. The molecule has 1 rings (SSSR count). The van der Waals surface area contributed by atoms with Crippen LogP contribution in [0.3, 0.4) is 0 Å². The number of hydrogen-bond donors (Lipinski definition) is 0. The van der Waals surface area contributed by atoms with Crippen molar-refractivity contribution in [2.24, 2.45) is 0 Å². The molecule has 0 fully saturated rings. The molecule has 1 aliphatic rings. The van der Waals surface area contributed by atoms with Crippen molar-refractivity contribution in [1.82, 2.24) is 4.90 Å². The third-order valence-corrected chi connectivity index (χ3v) is 3.36. The lowest BCUT2D eigenvalue weighted by molar-refractivity contribution is -0.135. The maximum absolute atomic E-state index is 11.4. The standard InChI is InChI=1S/C9H12ClNO3S/c1-6(12)11-3-4-15-8(7(11)5-10)9(13)14-2/h3-5H2,1-2H3. The van der Waals surface area contributed by atoms with Crippen LogP contribution in [0, 0.1) is 0 Å². The zero-order valence-electron chi connectivity index (χ0n) is 8.58. The van der Waals surface area contributed by atoms with Crippen molar-refractivity contribution < 1.29 is 14.3 Å². The van der Waals surface area contributed by atoms with E-state index >= 15 is 0 Å². The Balaban J connectivity index is 3.05. The largest absolute Gasteiger partial charge is 0.465 e. The van der Waals surface area contributed by atoms with Crippen LogP contribution >= 0.6 is 23.4 Å². The molecular weight excluding hydrogens is 238 g/mol. The van der Waals surface area contributed by atoms with E-state index < -0.39 is 5.97 Å². The van der Waals surface area contributed by atoms with Crippen LogP contribution in [-0.4, -0.2) is 42.1 Å². The molecule has 0 bridgehead atoms. The molecule has 0 spiro atoms. The van der Waals surface area contributed by atoms with Crippen molar-refractivity contribution in [2.75, 3.05) is 25.3 Å². The predicted molar refractivity (Wildman–Crippen MR) is 59.6 cm³/mol. The molecule has 1 amide bonds. The molecule has 6 heteroatoms. The molecule has 0 radical (unpaired) electrons. The number of allylic oxidation sites excluding steroid dienone is 1. The number of rotatable bonds is 2. The minimum Gasteiger partial charge on any atom is -0.465 e. The Morgan fingerprint density at radius 1 is 1.60 bits per heavy atom. The first kappa shape index (κ1) is 12.4. The van der Waals surface area contributed by atoms with Crippen LogP contribution < -0.4 is 0 Å². The zero-order chi connectivity index (χ0) is 11.4. The monoisotopic (exact) mass is 249 g/mol. The number of carbonyl (C=O) groups excluding carboxylic acids is 2. The zero-order valence-corrected chi connectivity index (χ0v) is 10.2. The van der Waals surface area contributed by atoms with E-state index in [2.05, 4.69) is 4.74 Å². The van der Waals surface area contributed by atoms with E-state index in [1.54, 1.807) is 0 Å². The van der Waals surface area contributed by atoms with Crippen LogP contribution in [0.15, 0.2) is 10.6 Å². The molecule has 0 saturated carbocycles. The van der Waals surface area contributed by atoms with Gasteiger partial charge in [0.1, 0.15) is 4.91 Å². The number of esters is 1. The molecule has 4 nitrogen and oxygen atoms in total. The fourth-order valence-corrected chi connectivity index (χ4v) is 2.71. The third kappa shape index (κ3) is 2.66. The normalized spacial score (nSPS) is 16.6. The summed E-state index contributed by atoms with van der Waals surface area (Å²) in [6, 6.07) is 0. The van der Waals surface area contributed by atoms with E-state index in [0.717, 1.165) is 0 Å². The lowest BCUT2D eigenvalue weighted by Gasteiger charge is -2.28. The lowest BCUT2D eigenvalue weighted by Crippen LogP contribution is -2.35. The van der Waals surface area contributed by atoms with Gasteiger partial charge >= 0.3 is 5.97 Å². The Morgan fingerprint density at radius 2 is 2.27 bits per heavy atom. The first-order valence-electron chi connectivity index (χ1n) is 4.40. The van der Waals surface area contributed by atoms with E-state index in [1.807, 2.05) is 0 Å². The third-order valence-electron chi connectivity index (χ3n) is 2.03. The Labute approximate surface area is 97.6 Å². The van der Waals surface area contributed by atoms with Crippen LogP contribution in [0.2, 0.25) is 0 Å². The molecule has 0 saturated heterocycles. The van der Waals surface area contributed by atoms with Gasteiger partial charge in [0, 0.05) is 19.2 Å². The van der Waals surface area contributed by atoms with Crippen molar-refractivity contribution >= 4 is 35.2 Å². The van der Waals surface area contributed by atoms with Gasteiger partial charge in [0.05, 0.1) is 18.7 Å². The molecule has 84 valence electrons. The van der Waals surface area contributed by atoms with Gasteiger partial charge < -0.3 is 9.64 Å². The highest BCUT2D eigenvalue weighted by atomic mass is 35.5. The van der Waals surface area contributed by atoms with Crippen molar-refractivity contribution in [3.8, 4) is 0 Å². The number of nitrogens with zero attached hydrogens (tertiary/aromatic N) is 1. The summed E-state index contributed by atoms with van der Waals surface area (Å²) in [6.45, 7) is 2.04. The second kappa shape index (κ2) is 5.42.